The lowest BCUT2D eigenvalue weighted by Crippen LogP contribution is -2.16. The summed E-state index contributed by atoms with van der Waals surface area (Å²) in [7, 11) is 0. The van der Waals surface area contributed by atoms with Gasteiger partial charge in [0.05, 0.1) is 17.8 Å². The summed E-state index contributed by atoms with van der Waals surface area (Å²) in [4.78, 5) is 25.8. The van der Waals surface area contributed by atoms with Gasteiger partial charge in [0, 0.05) is 46.2 Å². The minimum atomic E-state index is -0.164. The van der Waals surface area contributed by atoms with E-state index in [-0.39, 0.29) is 12.3 Å². The molecule has 9 heteroatoms. The largest absolute Gasteiger partial charge is 0.309 e. The third-order valence-electron chi connectivity index (χ3n) is 5.17. The van der Waals surface area contributed by atoms with Crippen molar-refractivity contribution in [3.63, 3.8) is 0 Å². The van der Waals surface area contributed by atoms with Crippen molar-refractivity contribution in [1.29, 1.82) is 0 Å². The zero-order chi connectivity index (χ0) is 22.1. The van der Waals surface area contributed by atoms with Gasteiger partial charge in [-0.2, -0.15) is 10.2 Å². The summed E-state index contributed by atoms with van der Waals surface area (Å²) in [5.41, 5.74) is 6.88. The normalized spacial score (nSPS) is 11.0. The van der Waals surface area contributed by atoms with Crippen LogP contribution >= 0.6 is 0 Å². The van der Waals surface area contributed by atoms with E-state index in [1.165, 1.54) is 0 Å². The molecule has 158 valence electrons. The van der Waals surface area contributed by atoms with E-state index < -0.39 is 0 Å². The van der Waals surface area contributed by atoms with Crippen molar-refractivity contribution in [2.24, 2.45) is 0 Å². The molecule has 4 rings (SSSR count). The fourth-order valence-electron chi connectivity index (χ4n) is 3.58. The van der Waals surface area contributed by atoms with Crippen LogP contribution in [-0.4, -0.2) is 40.8 Å². The Labute approximate surface area is 180 Å². The molecule has 9 nitrogen and oxygen atoms in total. The van der Waals surface area contributed by atoms with Gasteiger partial charge in [-0.3, -0.25) is 14.9 Å². The number of hydrogen-bond donors (Lipinski definition) is 2. The Hall–Kier alpha value is -3.88. The molecule has 4 aromatic rings. The van der Waals surface area contributed by atoms with Gasteiger partial charge >= 0.3 is 0 Å². The summed E-state index contributed by atoms with van der Waals surface area (Å²) >= 11 is 0. The number of amides is 1. The van der Waals surface area contributed by atoms with Crippen LogP contribution in [0, 0.1) is 34.6 Å². The van der Waals surface area contributed by atoms with E-state index in [9.17, 15) is 4.79 Å². The highest BCUT2D eigenvalue weighted by atomic mass is 16.1. The summed E-state index contributed by atoms with van der Waals surface area (Å²) in [6, 6.07) is 5.70. The maximum Gasteiger partial charge on any atom is 0.251 e. The highest BCUT2D eigenvalue weighted by Crippen LogP contribution is 2.25. The molecule has 31 heavy (non-hydrogen) atoms. The van der Waals surface area contributed by atoms with Crippen LogP contribution < -0.4 is 5.32 Å². The van der Waals surface area contributed by atoms with Gasteiger partial charge < -0.3 is 5.32 Å². The minimum absolute atomic E-state index is 0.164. The number of hydrogen-bond acceptors (Lipinski definition) is 6. The first-order valence-corrected chi connectivity index (χ1v) is 9.96. The number of anilines is 1. The topological polar surface area (TPSA) is 114 Å². The molecule has 0 radical (unpaired) electrons. The number of rotatable bonds is 5. The molecule has 0 saturated carbocycles. The smallest absolute Gasteiger partial charge is 0.251 e. The monoisotopic (exact) mass is 416 g/mol. The quantitative estimate of drug-likeness (QED) is 0.516. The van der Waals surface area contributed by atoms with Gasteiger partial charge in [-0.05, 0) is 52.8 Å². The highest BCUT2D eigenvalue weighted by molar-refractivity contribution is 5.93. The molecule has 0 aliphatic heterocycles. The van der Waals surface area contributed by atoms with Gasteiger partial charge in [0.2, 0.25) is 5.91 Å². The summed E-state index contributed by atoms with van der Waals surface area (Å²) < 4.78 is 1.69. The van der Waals surface area contributed by atoms with E-state index in [2.05, 4.69) is 35.6 Å². The lowest BCUT2D eigenvalue weighted by molar-refractivity contribution is -0.115. The van der Waals surface area contributed by atoms with Gasteiger partial charge in [-0.25, -0.2) is 14.6 Å². The zero-order valence-corrected chi connectivity index (χ0v) is 18.2. The lowest BCUT2D eigenvalue weighted by atomic mass is 10.1. The molecule has 0 atom stereocenters. The molecule has 0 unspecified atom stereocenters. The summed E-state index contributed by atoms with van der Waals surface area (Å²) in [5.74, 6) is 0.856. The van der Waals surface area contributed by atoms with E-state index in [4.69, 9.17) is 0 Å². The first kappa shape index (κ1) is 20.4. The second-order valence-electron chi connectivity index (χ2n) is 7.54. The first-order chi connectivity index (χ1) is 14.8. The Morgan fingerprint density at radius 2 is 1.74 bits per heavy atom. The van der Waals surface area contributed by atoms with Crippen LogP contribution in [0.3, 0.4) is 0 Å². The van der Waals surface area contributed by atoms with Gasteiger partial charge in [0.1, 0.15) is 0 Å². The maximum atomic E-state index is 12.8. The van der Waals surface area contributed by atoms with Gasteiger partial charge in [-0.1, -0.05) is 0 Å². The van der Waals surface area contributed by atoms with Gasteiger partial charge in [-0.15, -0.1) is 0 Å². The Morgan fingerprint density at radius 3 is 2.42 bits per heavy atom. The molecule has 0 bridgehead atoms. The van der Waals surface area contributed by atoms with E-state index >= 15 is 0 Å². The molecule has 4 heterocycles. The number of aromatic amines is 1. The molecule has 0 saturated heterocycles. The molecular formula is C22H24N8O. The Balaban J connectivity index is 1.55. The number of nitrogens with zero attached hydrogens (tertiary/aromatic N) is 6. The molecule has 0 aliphatic rings. The average molecular weight is 416 g/mol. The predicted octanol–water partition coefficient (Wildman–Crippen LogP) is 3.17. The van der Waals surface area contributed by atoms with E-state index in [1.54, 1.807) is 17.1 Å². The fraction of sp³-hybridized carbons (Fsp3) is 0.273. The fourth-order valence-corrected chi connectivity index (χ4v) is 3.58. The minimum Gasteiger partial charge on any atom is -0.309 e. The van der Waals surface area contributed by atoms with Crippen LogP contribution in [0.5, 0.6) is 0 Å². The van der Waals surface area contributed by atoms with Crippen molar-refractivity contribution in [2.45, 2.75) is 41.0 Å². The third-order valence-corrected chi connectivity index (χ3v) is 5.17. The molecule has 0 aliphatic carbocycles. The van der Waals surface area contributed by atoms with Gasteiger partial charge in [0.25, 0.3) is 5.95 Å². The van der Waals surface area contributed by atoms with Crippen molar-refractivity contribution >= 4 is 11.7 Å². The van der Waals surface area contributed by atoms with Crippen LogP contribution in [0.15, 0.2) is 30.6 Å². The summed E-state index contributed by atoms with van der Waals surface area (Å²) in [6.07, 6.45) is 3.62. The van der Waals surface area contributed by atoms with E-state index in [1.807, 2.05) is 52.8 Å². The summed E-state index contributed by atoms with van der Waals surface area (Å²) in [6.45, 7) is 9.57. The molecule has 0 fully saturated rings. The predicted molar refractivity (Wildman–Crippen MR) is 117 cm³/mol. The lowest BCUT2D eigenvalue weighted by Gasteiger charge is -2.06. The molecule has 0 spiro atoms. The number of nitrogens with one attached hydrogen (secondary N) is 2. The Bertz CT molecular complexity index is 1240. The Morgan fingerprint density at radius 1 is 1.06 bits per heavy atom. The van der Waals surface area contributed by atoms with Crippen molar-refractivity contribution in [2.75, 3.05) is 5.32 Å². The number of carbonyl (C=O) groups is 1. The maximum absolute atomic E-state index is 12.8. The van der Waals surface area contributed by atoms with Crippen LogP contribution in [0.25, 0.3) is 17.2 Å². The van der Waals surface area contributed by atoms with E-state index in [0.717, 1.165) is 45.2 Å². The number of carbonyl (C=O) groups excluding carboxylic acids is 1. The zero-order valence-electron chi connectivity index (χ0n) is 18.2. The number of aryl methyl sites for hydroxylation is 3. The SMILES string of the molecule is Cc1cc(C)nc(-n2nc(C)c(CC(=O)Nc3n[nH]c(-c4ccncc4)c3C)c2C)n1. The van der Waals surface area contributed by atoms with Crippen molar-refractivity contribution in [3.8, 4) is 17.2 Å². The second kappa shape index (κ2) is 8.10. The summed E-state index contributed by atoms with van der Waals surface area (Å²) in [5, 5.41) is 14.7. The number of pyridine rings is 1. The standard InChI is InChI=1S/C22H24N8O/c1-12-10-13(2)25-22(24-12)30-16(5)18(15(4)29-30)11-19(31)26-21-14(3)20(27-28-21)17-6-8-23-9-7-17/h6-10H,11H2,1-5H3,(H2,26,27,28,31). The van der Waals surface area contributed by atoms with Gasteiger partial charge in [0.15, 0.2) is 5.82 Å². The molecule has 1 amide bonds. The molecular weight excluding hydrogens is 392 g/mol. The van der Waals surface area contributed by atoms with Crippen LogP contribution in [0.1, 0.15) is 33.9 Å². The second-order valence-corrected chi connectivity index (χ2v) is 7.54. The first-order valence-electron chi connectivity index (χ1n) is 9.96. The van der Waals surface area contributed by atoms with Crippen molar-refractivity contribution in [3.05, 3.63) is 64.5 Å². The van der Waals surface area contributed by atoms with Crippen LogP contribution in [-0.2, 0) is 11.2 Å². The van der Waals surface area contributed by atoms with Crippen molar-refractivity contribution < 1.29 is 4.79 Å². The van der Waals surface area contributed by atoms with E-state index in [0.29, 0.717) is 11.8 Å². The molecule has 4 aromatic heterocycles. The van der Waals surface area contributed by atoms with Crippen molar-refractivity contribution in [1.82, 2.24) is 34.9 Å². The van der Waals surface area contributed by atoms with Crippen LogP contribution in [0.4, 0.5) is 5.82 Å². The molecule has 2 N–H and O–H groups in total. The highest BCUT2D eigenvalue weighted by Gasteiger charge is 2.19. The third kappa shape index (κ3) is 4.07. The average Bonchev–Trinajstić information content (AvgIpc) is 3.22. The molecule has 0 aromatic carbocycles. The number of aromatic nitrogens is 7. The van der Waals surface area contributed by atoms with Crippen LogP contribution in [0.2, 0.25) is 0 Å². The number of H-pyrrole nitrogens is 1. The Kier molecular flexibility index (Phi) is 5.33.